The van der Waals surface area contributed by atoms with Gasteiger partial charge in [-0.3, -0.25) is 4.90 Å². The lowest BCUT2D eigenvalue weighted by Crippen LogP contribution is -2.49. The van der Waals surface area contributed by atoms with Gasteiger partial charge in [-0.1, -0.05) is 52.5 Å². The van der Waals surface area contributed by atoms with E-state index >= 15 is 0 Å². The summed E-state index contributed by atoms with van der Waals surface area (Å²) >= 11 is 24.5. The van der Waals surface area contributed by atoms with Crippen LogP contribution < -0.4 is 14.4 Å². The summed E-state index contributed by atoms with van der Waals surface area (Å²) < 4.78 is 11.8. The molecule has 180 valence electrons. The number of aliphatic hydroxyl groups is 1. The maximum Gasteiger partial charge on any atom is 0.169 e. The van der Waals surface area contributed by atoms with Crippen molar-refractivity contribution in [2.45, 2.75) is 6.10 Å². The summed E-state index contributed by atoms with van der Waals surface area (Å²) in [5.74, 6) is 1.30. The Balaban J connectivity index is 1.31. The van der Waals surface area contributed by atoms with E-state index in [1.807, 2.05) is 18.2 Å². The average molecular weight is 542 g/mol. The summed E-state index contributed by atoms with van der Waals surface area (Å²) in [6, 6.07) is 17.9. The molecule has 0 radical (unpaired) electrons. The van der Waals surface area contributed by atoms with Gasteiger partial charge in [0.05, 0.1) is 5.02 Å². The van der Waals surface area contributed by atoms with E-state index in [1.54, 1.807) is 36.4 Å². The second kappa shape index (κ2) is 11.7. The van der Waals surface area contributed by atoms with Crippen LogP contribution >= 0.6 is 46.4 Å². The largest absolute Gasteiger partial charge is 0.487 e. The van der Waals surface area contributed by atoms with E-state index in [4.69, 9.17) is 55.9 Å². The summed E-state index contributed by atoms with van der Waals surface area (Å²) in [4.78, 5) is 4.51. The molecule has 0 amide bonds. The molecule has 0 spiro atoms. The predicted molar refractivity (Wildman–Crippen MR) is 140 cm³/mol. The standard InChI is InChI=1S/C25H24Cl4N2O3/c26-17-2-1-3-20(12-17)31-10-8-30(9-11-31)15-21(32)16-33-25-14-19(28)5-7-24(25)34-23-6-4-18(27)13-22(23)29/h1-7,12-14,21,32H,8-11,15-16H2/t21-/m0/s1. The molecule has 0 aliphatic carbocycles. The Morgan fingerprint density at radius 1 is 0.765 bits per heavy atom. The van der Waals surface area contributed by atoms with Crippen molar-refractivity contribution < 1.29 is 14.6 Å². The van der Waals surface area contributed by atoms with Crippen LogP contribution in [0, 0.1) is 0 Å². The molecule has 1 heterocycles. The molecule has 1 N–H and O–H groups in total. The number of ether oxygens (including phenoxy) is 2. The Morgan fingerprint density at radius 3 is 2.15 bits per heavy atom. The van der Waals surface area contributed by atoms with Crippen molar-refractivity contribution >= 4 is 52.1 Å². The molecule has 1 saturated heterocycles. The van der Waals surface area contributed by atoms with Crippen molar-refractivity contribution in [3.63, 3.8) is 0 Å². The van der Waals surface area contributed by atoms with Crippen molar-refractivity contribution in [3.8, 4) is 17.2 Å². The van der Waals surface area contributed by atoms with Gasteiger partial charge in [0, 0.05) is 59.5 Å². The molecule has 34 heavy (non-hydrogen) atoms. The van der Waals surface area contributed by atoms with Crippen LogP contribution in [-0.4, -0.2) is 55.4 Å². The smallest absolute Gasteiger partial charge is 0.169 e. The molecule has 0 unspecified atom stereocenters. The zero-order valence-corrected chi connectivity index (χ0v) is 21.3. The number of nitrogens with zero attached hydrogens (tertiary/aromatic N) is 2. The highest BCUT2D eigenvalue weighted by Crippen LogP contribution is 2.37. The number of hydrogen-bond donors (Lipinski definition) is 1. The van der Waals surface area contributed by atoms with E-state index in [9.17, 15) is 5.11 Å². The second-order valence-electron chi connectivity index (χ2n) is 8.00. The Bertz CT molecular complexity index is 1120. The van der Waals surface area contributed by atoms with Gasteiger partial charge in [-0.05, 0) is 48.5 Å². The molecule has 1 fully saturated rings. The minimum Gasteiger partial charge on any atom is -0.487 e. The third-order valence-electron chi connectivity index (χ3n) is 5.47. The number of rotatable bonds is 8. The van der Waals surface area contributed by atoms with E-state index in [1.165, 1.54) is 0 Å². The Labute approximate surface area is 219 Å². The molecule has 4 rings (SSSR count). The zero-order chi connectivity index (χ0) is 24.1. The Kier molecular flexibility index (Phi) is 8.70. The van der Waals surface area contributed by atoms with E-state index in [0.29, 0.717) is 38.9 Å². The quantitative estimate of drug-likeness (QED) is 0.345. The van der Waals surface area contributed by atoms with Gasteiger partial charge in [-0.25, -0.2) is 0 Å². The van der Waals surface area contributed by atoms with Crippen LogP contribution in [0.1, 0.15) is 0 Å². The van der Waals surface area contributed by atoms with Gasteiger partial charge in [0.25, 0.3) is 0 Å². The lowest BCUT2D eigenvalue weighted by molar-refractivity contribution is 0.0655. The molecule has 0 aromatic heterocycles. The van der Waals surface area contributed by atoms with Gasteiger partial charge in [0.2, 0.25) is 0 Å². The molecule has 0 bridgehead atoms. The van der Waals surface area contributed by atoms with Gasteiger partial charge in [-0.2, -0.15) is 0 Å². The highest BCUT2D eigenvalue weighted by Gasteiger charge is 2.20. The topological polar surface area (TPSA) is 45.2 Å². The third kappa shape index (κ3) is 6.85. The highest BCUT2D eigenvalue weighted by atomic mass is 35.5. The van der Waals surface area contributed by atoms with Gasteiger partial charge >= 0.3 is 0 Å². The lowest BCUT2D eigenvalue weighted by atomic mass is 10.2. The normalized spacial score (nSPS) is 15.3. The Hall–Kier alpha value is -1.86. The lowest BCUT2D eigenvalue weighted by Gasteiger charge is -2.36. The third-order valence-corrected chi connectivity index (χ3v) is 6.47. The first kappa shape index (κ1) is 25.2. The maximum atomic E-state index is 10.6. The van der Waals surface area contributed by atoms with Crippen LogP contribution in [0.15, 0.2) is 60.7 Å². The number of aliphatic hydroxyl groups excluding tert-OH is 1. The number of hydrogen-bond acceptors (Lipinski definition) is 5. The number of anilines is 1. The Morgan fingerprint density at radius 2 is 1.44 bits per heavy atom. The SMILES string of the molecule is O[C@H](COc1cc(Cl)ccc1Oc1ccc(Cl)cc1Cl)CN1CCN(c2cccc(Cl)c2)CC1. The molecule has 1 aliphatic rings. The van der Waals surface area contributed by atoms with Crippen LogP contribution in [-0.2, 0) is 0 Å². The summed E-state index contributed by atoms with van der Waals surface area (Å²) in [6.45, 7) is 4.00. The van der Waals surface area contributed by atoms with Gasteiger partial charge in [-0.15, -0.1) is 0 Å². The molecular weight excluding hydrogens is 518 g/mol. The van der Waals surface area contributed by atoms with Crippen molar-refractivity contribution in [1.82, 2.24) is 4.90 Å². The minimum atomic E-state index is -0.677. The molecule has 9 heteroatoms. The van der Waals surface area contributed by atoms with Crippen molar-refractivity contribution in [1.29, 1.82) is 0 Å². The summed E-state index contributed by atoms with van der Waals surface area (Å²) in [5, 5.41) is 12.7. The van der Waals surface area contributed by atoms with Crippen LogP contribution in [0.2, 0.25) is 20.1 Å². The maximum absolute atomic E-state index is 10.6. The van der Waals surface area contributed by atoms with Crippen molar-refractivity contribution in [3.05, 3.63) is 80.8 Å². The number of halogens is 4. The number of piperazine rings is 1. The monoisotopic (exact) mass is 540 g/mol. The first-order valence-electron chi connectivity index (χ1n) is 10.8. The van der Waals surface area contributed by atoms with Crippen LogP contribution in [0.4, 0.5) is 5.69 Å². The first-order valence-corrected chi connectivity index (χ1v) is 12.3. The highest BCUT2D eigenvalue weighted by molar-refractivity contribution is 6.35. The molecule has 1 aliphatic heterocycles. The molecule has 1 atom stereocenters. The van der Waals surface area contributed by atoms with Crippen molar-refractivity contribution in [2.75, 3.05) is 44.2 Å². The average Bonchev–Trinajstić information content (AvgIpc) is 2.81. The minimum absolute atomic E-state index is 0.0968. The number of β-amino-alcohol motifs (C(OH)–C–C–N with tert-alkyl or cyclic N) is 1. The first-order chi connectivity index (χ1) is 16.4. The zero-order valence-electron chi connectivity index (χ0n) is 18.3. The molecule has 3 aromatic rings. The fraction of sp³-hybridized carbons (Fsp3) is 0.280. The van der Waals surface area contributed by atoms with E-state index < -0.39 is 6.10 Å². The molecule has 0 saturated carbocycles. The summed E-state index contributed by atoms with van der Waals surface area (Å²) in [6.07, 6.45) is -0.677. The predicted octanol–water partition coefficient (Wildman–Crippen LogP) is 6.65. The fourth-order valence-electron chi connectivity index (χ4n) is 3.75. The summed E-state index contributed by atoms with van der Waals surface area (Å²) in [7, 11) is 0. The molecular formula is C25H24Cl4N2O3. The summed E-state index contributed by atoms with van der Waals surface area (Å²) in [5.41, 5.74) is 1.12. The second-order valence-corrected chi connectivity index (χ2v) is 9.72. The van der Waals surface area contributed by atoms with Crippen LogP contribution in [0.25, 0.3) is 0 Å². The van der Waals surface area contributed by atoms with Crippen LogP contribution in [0.5, 0.6) is 17.2 Å². The van der Waals surface area contributed by atoms with Crippen molar-refractivity contribution in [2.24, 2.45) is 0 Å². The van der Waals surface area contributed by atoms with Gasteiger partial charge < -0.3 is 19.5 Å². The van der Waals surface area contributed by atoms with E-state index in [2.05, 4.69) is 15.9 Å². The van der Waals surface area contributed by atoms with Gasteiger partial charge in [0.15, 0.2) is 11.5 Å². The van der Waals surface area contributed by atoms with E-state index in [0.717, 1.165) is 36.9 Å². The number of benzene rings is 3. The molecule has 5 nitrogen and oxygen atoms in total. The van der Waals surface area contributed by atoms with Gasteiger partial charge in [0.1, 0.15) is 18.5 Å². The fourth-order valence-corrected chi connectivity index (χ4v) is 4.55. The van der Waals surface area contributed by atoms with Crippen LogP contribution in [0.3, 0.4) is 0 Å². The van der Waals surface area contributed by atoms with E-state index in [-0.39, 0.29) is 6.61 Å². The molecule has 3 aromatic carbocycles.